The van der Waals surface area contributed by atoms with Crippen LogP contribution in [-0.2, 0) is 14.3 Å². The van der Waals surface area contributed by atoms with Crippen LogP contribution in [0.1, 0.15) is 19.3 Å². The van der Waals surface area contributed by atoms with Crippen LogP contribution in [0.4, 0.5) is 0 Å². The molecular formula is C10H18ClNO3. The van der Waals surface area contributed by atoms with E-state index in [0.29, 0.717) is 18.9 Å². The van der Waals surface area contributed by atoms with E-state index in [1.54, 1.807) is 7.11 Å². The lowest BCUT2D eigenvalue weighted by Crippen LogP contribution is -2.40. The number of carbonyl (C=O) groups is 1. The summed E-state index contributed by atoms with van der Waals surface area (Å²) >= 11 is 5.68. The highest BCUT2D eigenvalue weighted by atomic mass is 35.5. The molecule has 1 rings (SSSR count). The van der Waals surface area contributed by atoms with Gasteiger partial charge in [-0.1, -0.05) is 0 Å². The molecule has 0 aromatic rings. The van der Waals surface area contributed by atoms with Crippen LogP contribution in [0, 0.1) is 0 Å². The lowest BCUT2D eigenvalue weighted by atomic mass is 10.1. The molecule has 1 aliphatic heterocycles. The fourth-order valence-corrected chi connectivity index (χ4v) is 1.79. The number of hydrogen-bond acceptors (Lipinski definition) is 3. The molecule has 1 amide bonds. The molecule has 4 nitrogen and oxygen atoms in total. The predicted molar refractivity (Wildman–Crippen MR) is 58.1 cm³/mol. The molecular weight excluding hydrogens is 218 g/mol. The van der Waals surface area contributed by atoms with Crippen LogP contribution in [0.25, 0.3) is 0 Å². The molecule has 0 aliphatic carbocycles. The zero-order valence-corrected chi connectivity index (χ0v) is 9.76. The van der Waals surface area contributed by atoms with Gasteiger partial charge in [-0.25, -0.2) is 0 Å². The minimum absolute atomic E-state index is 0.00963. The average Bonchev–Trinajstić information content (AvgIpc) is 2.69. The number of ether oxygens (including phenoxy) is 2. The van der Waals surface area contributed by atoms with Crippen LogP contribution in [-0.4, -0.2) is 44.3 Å². The molecule has 1 N–H and O–H groups in total. The van der Waals surface area contributed by atoms with E-state index < -0.39 is 0 Å². The van der Waals surface area contributed by atoms with E-state index in [-0.39, 0.29) is 18.1 Å². The summed E-state index contributed by atoms with van der Waals surface area (Å²) in [6.07, 6.45) is 2.54. The van der Waals surface area contributed by atoms with Gasteiger partial charge in [0.25, 0.3) is 0 Å². The second-order valence-corrected chi connectivity index (χ2v) is 4.02. The Morgan fingerprint density at radius 1 is 1.73 bits per heavy atom. The largest absolute Gasteiger partial charge is 0.383 e. The molecule has 0 saturated carbocycles. The number of hydrogen-bond donors (Lipinski definition) is 1. The summed E-state index contributed by atoms with van der Waals surface area (Å²) in [7, 11) is 1.59. The molecule has 1 heterocycles. The Morgan fingerprint density at radius 3 is 3.07 bits per heavy atom. The van der Waals surface area contributed by atoms with E-state index in [4.69, 9.17) is 21.1 Å². The molecule has 1 fully saturated rings. The Kier molecular flexibility index (Phi) is 5.98. The summed E-state index contributed by atoms with van der Waals surface area (Å²) in [5, 5.41) is 2.82. The first kappa shape index (κ1) is 12.7. The maximum Gasteiger partial charge on any atom is 0.222 e. The van der Waals surface area contributed by atoms with E-state index in [1.807, 2.05) is 0 Å². The Bertz CT molecular complexity index is 195. The van der Waals surface area contributed by atoms with Crippen LogP contribution in [0.5, 0.6) is 0 Å². The SMILES string of the molecule is COCC(CCl)NC(=O)CC1CCCO1. The second-order valence-electron chi connectivity index (χ2n) is 3.71. The molecule has 88 valence electrons. The van der Waals surface area contributed by atoms with Crippen molar-refractivity contribution in [1.82, 2.24) is 5.32 Å². The Morgan fingerprint density at radius 2 is 2.53 bits per heavy atom. The highest BCUT2D eigenvalue weighted by Gasteiger charge is 2.20. The zero-order chi connectivity index (χ0) is 11.1. The van der Waals surface area contributed by atoms with Crippen molar-refractivity contribution in [3.05, 3.63) is 0 Å². The fraction of sp³-hybridized carbons (Fsp3) is 0.900. The molecule has 0 spiro atoms. The molecule has 2 atom stereocenters. The fourth-order valence-electron chi connectivity index (χ4n) is 1.62. The van der Waals surface area contributed by atoms with Gasteiger partial charge in [0.1, 0.15) is 0 Å². The molecule has 0 aromatic carbocycles. The van der Waals surface area contributed by atoms with Crippen molar-refractivity contribution in [3.8, 4) is 0 Å². The minimum Gasteiger partial charge on any atom is -0.383 e. The summed E-state index contributed by atoms with van der Waals surface area (Å²) in [5.74, 6) is 0.357. The van der Waals surface area contributed by atoms with Gasteiger partial charge >= 0.3 is 0 Å². The average molecular weight is 236 g/mol. The smallest absolute Gasteiger partial charge is 0.222 e. The van der Waals surface area contributed by atoms with Crippen molar-refractivity contribution in [1.29, 1.82) is 0 Å². The van der Waals surface area contributed by atoms with E-state index in [1.165, 1.54) is 0 Å². The quantitative estimate of drug-likeness (QED) is 0.697. The third kappa shape index (κ3) is 4.82. The summed E-state index contributed by atoms with van der Waals surface area (Å²) in [6, 6.07) is -0.106. The third-order valence-corrected chi connectivity index (χ3v) is 2.73. The van der Waals surface area contributed by atoms with Gasteiger partial charge in [-0.3, -0.25) is 4.79 Å². The molecule has 0 aromatic heterocycles. The van der Waals surface area contributed by atoms with Crippen LogP contribution >= 0.6 is 11.6 Å². The summed E-state index contributed by atoms with van der Waals surface area (Å²) in [5.41, 5.74) is 0. The van der Waals surface area contributed by atoms with Crippen LogP contribution in [0.3, 0.4) is 0 Å². The van der Waals surface area contributed by atoms with Gasteiger partial charge in [-0.05, 0) is 12.8 Å². The van der Waals surface area contributed by atoms with Crippen LogP contribution in [0.2, 0.25) is 0 Å². The van der Waals surface area contributed by atoms with Gasteiger partial charge < -0.3 is 14.8 Å². The first-order chi connectivity index (χ1) is 7.26. The van der Waals surface area contributed by atoms with E-state index in [9.17, 15) is 4.79 Å². The minimum atomic E-state index is -0.106. The van der Waals surface area contributed by atoms with Crippen molar-refractivity contribution in [3.63, 3.8) is 0 Å². The molecule has 15 heavy (non-hydrogen) atoms. The van der Waals surface area contributed by atoms with E-state index >= 15 is 0 Å². The topological polar surface area (TPSA) is 47.6 Å². The standard InChI is InChI=1S/C10H18ClNO3/c1-14-7-8(6-11)12-10(13)5-9-3-2-4-15-9/h8-9H,2-7H2,1H3,(H,12,13). The van der Waals surface area contributed by atoms with Gasteiger partial charge in [0.2, 0.25) is 5.91 Å². The highest BCUT2D eigenvalue weighted by molar-refractivity contribution is 6.18. The van der Waals surface area contributed by atoms with Crippen LogP contribution in [0.15, 0.2) is 0 Å². The Labute approximate surface area is 95.3 Å². The van der Waals surface area contributed by atoms with Gasteiger partial charge in [-0.2, -0.15) is 0 Å². The number of methoxy groups -OCH3 is 1. The highest BCUT2D eigenvalue weighted by Crippen LogP contribution is 2.14. The van der Waals surface area contributed by atoms with Crippen molar-refractivity contribution in [2.75, 3.05) is 26.2 Å². The number of halogens is 1. The maximum atomic E-state index is 11.5. The Balaban J connectivity index is 2.20. The lowest BCUT2D eigenvalue weighted by molar-refractivity contribution is -0.124. The second kappa shape index (κ2) is 7.04. The number of carbonyl (C=O) groups excluding carboxylic acids is 1. The monoisotopic (exact) mass is 235 g/mol. The molecule has 1 saturated heterocycles. The molecule has 0 bridgehead atoms. The zero-order valence-electron chi connectivity index (χ0n) is 9.00. The number of rotatable bonds is 6. The molecule has 1 aliphatic rings. The van der Waals surface area contributed by atoms with Gasteiger partial charge in [0.05, 0.1) is 25.2 Å². The van der Waals surface area contributed by atoms with Crippen molar-refractivity contribution in [2.45, 2.75) is 31.4 Å². The third-order valence-electron chi connectivity index (χ3n) is 2.36. The number of amides is 1. The predicted octanol–water partition coefficient (Wildman–Crippen LogP) is 0.925. The summed E-state index contributed by atoms with van der Waals surface area (Å²) in [6.45, 7) is 1.22. The van der Waals surface area contributed by atoms with Crippen molar-refractivity contribution >= 4 is 17.5 Å². The lowest BCUT2D eigenvalue weighted by Gasteiger charge is -2.16. The summed E-state index contributed by atoms with van der Waals surface area (Å²) < 4.78 is 10.3. The van der Waals surface area contributed by atoms with E-state index in [0.717, 1.165) is 19.4 Å². The number of alkyl halides is 1. The van der Waals surface area contributed by atoms with Crippen molar-refractivity contribution in [2.24, 2.45) is 0 Å². The van der Waals surface area contributed by atoms with Gasteiger partial charge in [-0.15, -0.1) is 11.6 Å². The van der Waals surface area contributed by atoms with Crippen molar-refractivity contribution < 1.29 is 14.3 Å². The summed E-state index contributed by atoms with van der Waals surface area (Å²) in [4.78, 5) is 11.5. The van der Waals surface area contributed by atoms with Gasteiger partial charge in [0.15, 0.2) is 0 Å². The van der Waals surface area contributed by atoms with E-state index in [2.05, 4.69) is 5.32 Å². The molecule has 2 unspecified atom stereocenters. The number of nitrogens with one attached hydrogen (secondary N) is 1. The first-order valence-corrected chi connectivity index (χ1v) is 5.75. The Hall–Kier alpha value is -0.320. The van der Waals surface area contributed by atoms with Gasteiger partial charge in [0, 0.05) is 19.6 Å². The normalized spacial score (nSPS) is 22.7. The first-order valence-electron chi connectivity index (χ1n) is 5.22. The maximum absolute atomic E-state index is 11.5. The van der Waals surface area contributed by atoms with Crippen LogP contribution < -0.4 is 5.32 Å². The molecule has 0 radical (unpaired) electrons. The molecule has 5 heteroatoms.